The summed E-state index contributed by atoms with van der Waals surface area (Å²) in [5, 5.41) is 2.73. The predicted octanol–water partition coefficient (Wildman–Crippen LogP) is 4.84. The van der Waals surface area contributed by atoms with Gasteiger partial charge in [0, 0.05) is 29.7 Å². The molecule has 0 aliphatic heterocycles. The lowest BCUT2D eigenvalue weighted by Crippen LogP contribution is -2.11. The van der Waals surface area contributed by atoms with Crippen LogP contribution in [0.4, 0.5) is 13.2 Å². The Bertz CT molecular complexity index is 769. The highest BCUT2D eigenvalue weighted by atomic mass is 79.9. The third-order valence-corrected chi connectivity index (χ3v) is 3.84. The molecule has 0 saturated heterocycles. The Morgan fingerprint density at radius 3 is 2.50 bits per heavy atom. The molecule has 0 radical (unpaired) electrons. The van der Waals surface area contributed by atoms with Crippen LogP contribution in [0, 0.1) is 0 Å². The van der Waals surface area contributed by atoms with Crippen LogP contribution >= 0.6 is 15.9 Å². The molecule has 0 amide bonds. The van der Waals surface area contributed by atoms with Gasteiger partial charge in [0.1, 0.15) is 0 Å². The van der Waals surface area contributed by atoms with Crippen molar-refractivity contribution in [3.63, 3.8) is 0 Å². The maximum atomic E-state index is 12.9. The Morgan fingerprint density at radius 1 is 1.17 bits per heavy atom. The number of hydrogen-bond donors (Lipinski definition) is 1. The number of benzene rings is 2. The summed E-state index contributed by atoms with van der Waals surface area (Å²) in [5.74, 6) is -0.262. The second-order valence-corrected chi connectivity index (χ2v) is 6.07. The molecular weight excluding hydrogens is 383 g/mol. The van der Waals surface area contributed by atoms with Crippen LogP contribution in [0.3, 0.4) is 0 Å². The van der Waals surface area contributed by atoms with Gasteiger partial charge in [0.15, 0.2) is 5.78 Å². The minimum absolute atomic E-state index is 0.100. The molecule has 0 unspecified atom stereocenters. The molecule has 0 aromatic heterocycles. The van der Waals surface area contributed by atoms with Gasteiger partial charge in [-0.25, -0.2) is 0 Å². The normalized spacial score (nSPS) is 12.1. The van der Waals surface area contributed by atoms with Crippen molar-refractivity contribution < 1.29 is 18.0 Å². The van der Waals surface area contributed by atoms with Crippen molar-refractivity contribution in [2.24, 2.45) is 0 Å². The molecule has 2 aromatic rings. The lowest BCUT2D eigenvalue weighted by molar-refractivity contribution is -0.137. The molecule has 2 nitrogen and oxygen atoms in total. The highest BCUT2D eigenvalue weighted by Gasteiger charge is 2.30. The van der Waals surface area contributed by atoms with Gasteiger partial charge >= 0.3 is 6.18 Å². The smallest absolute Gasteiger partial charge is 0.393 e. The average Bonchev–Trinajstić information content (AvgIpc) is 2.52. The number of nitrogens with one attached hydrogen (secondary N) is 1. The largest absolute Gasteiger partial charge is 0.416 e. The molecule has 24 heavy (non-hydrogen) atoms. The van der Waals surface area contributed by atoms with Crippen molar-refractivity contribution in [1.29, 1.82) is 0 Å². The van der Waals surface area contributed by atoms with Gasteiger partial charge in [-0.2, -0.15) is 13.2 Å². The molecule has 1 N–H and O–H groups in total. The molecule has 0 aliphatic rings. The van der Waals surface area contributed by atoms with E-state index in [9.17, 15) is 18.0 Å². The molecule has 126 valence electrons. The maximum Gasteiger partial charge on any atom is 0.416 e. The van der Waals surface area contributed by atoms with Crippen molar-refractivity contribution in [2.75, 3.05) is 7.05 Å². The van der Waals surface area contributed by atoms with Crippen molar-refractivity contribution in [2.45, 2.75) is 12.6 Å². The highest BCUT2D eigenvalue weighted by Crippen LogP contribution is 2.31. The van der Waals surface area contributed by atoms with Gasteiger partial charge in [0.2, 0.25) is 0 Å². The third-order valence-electron chi connectivity index (χ3n) is 3.34. The van der Waals surface area contributed by atoms with E-state index in [1.54, 1.807) is 25.2 Å². The molecule has 2 aromatic carbocycles. The van der Waals surface area contributed by atoms with Gasteiger partial charge in [-0.3, -0.25) is 4.79 Å². The van der Waals surface area contributed by atoms with E-state index in [2.05, 4.69) is 21.2 Å². The fourth-order valence-corrected chi connectivity index (χ4v) is 2.71. The summed E-state index contributed by atoms with van der Waals surface area (Å²) in [5.41, 5.74) is 0.448. The molecular formula is C18H15BrF3NO. The van der Waals surface area contributed by atoms with Gasteiger partial charge in [-0.1, -0.05) is 40.2 Å². The number of halogens is 4. The minimum atomic E-state index is -4.45. The van der Waals surface area contributed by atoms with Gasteiger partial charge in [-0.15, -0.1) is 0 Å². The first-order valence-electron chi connectivity index (χ1n) is 7.14. The highest BCUT2D eigenvalue weighted by molar-refractivity contribution is 9.10. The zero-order valence-electron chi connectivity index (χ0n) is 12.8. The molecule has 0 saturated carbocycles. The van der Waals surface area contributed by atoms with Crippen LogP contribution in [0.2, 0.25) is 0 Å². The van der Waals surface area contributed by atoms with Crippen LogP contribution in [0.1, 0.15) is 16.7 Å². The molecule has 0 heterocycles. The third kappa shape index (κ3) is 4.71. The second-order valence-electron chi connectivity index (χ2n) is 5.16. The monoisotopic (exact) mass is 397 g/mol. The predicted molar refractivity (Wildman–Crippen MR) is 91.3 cm³/mol. The Labute approximate surface area is 146 Å². The quantitative estimate of drug-likeness (QED) is 0.731. The van der Waals surface area contributed by atoms with Crippen molar-refractivity contribution in [3.05, 3.63) is 75.9 Å². The Morgan fingerprint density at radius 2 is 1.88 bits per heavy atom. The SMILES string of the molecule is CNC=C(C(=O)Cc1cccc(Br)c1)c1cccc(C(F)(F)F)c1. The summed E-state index contributed by atoms with van der Waals surface area (Å²) in [7, 11) is 1.60. The van der Waals surface area contributed by atoms with E-state index in [0.717, 1.165) is 22.2 Å². The molecule has 6 heteroatoms. The second kappa shape index (κ2) is 7.66. The number of Topliss-reactive ketones (excluding diaryl/α,β-unsaturated/α-hetero) is 1. The Hall–Kier alpha value is -2.08. The van der Waals surface area contributed by atoms with Gasteiger partial charge in [0.05, 0.1) is 5.56 Å². The van der Waals surface area contributed by atoms with E-state index in [0.29, 0.717) is 0 Å². The zero-order valence-corrected chi connectivity index (χ0v) is 14.4. The summed E-state index contributed by atoms with van der Waals surface area (Å²) >= 11 is 3.33. The topological polar surface area (TPSA) is 29.1 Å². The van der Waals surface area contributed by atoms with E-state index in [1.807, 2.05) is 6.07 Å². The van der Waals surface area contributed by atoms with E-state index >= 15 is 0 Å². The van der Waals surface area contributed by atoms with Crippen molar-refractivity contribution in [3.8, 4) is 0 Å². The van der Waals surface area contributed by atoms with E-state index in [-0.39, 0.29) is 23.3 Å². The molecule has 0 aliphatic carbocycles. The fraction of sp³-hybridized carbons (Fsp3) is 0.167. The van der Waals surface area contributed by atoms with Crippen LogP contribution in [0.5, 0.6) is 0 Å². The lowest BCUT2D eigenvalue weighted by atomic mass is 9.96. The summed E-state index contributed by atoms with van der Waals surface area (Å²) < 4.78 is 39.5. The molecule has 0 spiro atoms. The Balaban J connectivity index is 2.33. The van der Waals surface area contributed by atoms with E-state index < -0.39 is 11.7 Å². The minimum Gasteiger partial charge on any atom is -0.393 e. The van der Waals surface area contributed by atoms with Gasteiger partial charge in [0.25, 0.3) is 0 Å². The Kier molecular flexibility index (Phi) is 5.83. The standard InChI is InChI=1S/C18H15BrF3NO/c1-23-11-16(13-5-3-6-14(10-13)18(20,21)22)17(24)9-12-4-2-7-15(19)8-12/h2-8,10-11,23H,9H2,1H3. The molecule has 0 fully saturated rings. The van der Waals surface area contributed by atoms with E-state index in [1.165, 1.54) is 18.3 Å². The number of carbonyl (C=O) groups is 1. The first kappa shape index (κ1) is 18.3. The number of ketones is 1. The number of alkyl halides is 3. The maximum absolute atomic E-state index is 12.9. The van der Waals surface area contributed by atoms with Crippen LogP contribution in [0.25, 0.3) is 5.57 Å². The van der Waals surface area contributed by atoms with Crippen LogP contribution in [0.15, 0.2) is 59.2 Å². The average molecular weight is 398 g/mol. The lowest BCUT2D eigenvalue weighted by Gasteiger charge is -2.11. The summed E-state index contributed by atoms with van der Waals surface area (Å²) in [4.78, 5) is 12.6. The van der Waals surface area contributed by atoms with E-state index in [4.69, 9.17) is 0 Å². The number of hydrogen-bond acceptors (Lipinski definition) is 2. The summed E-state index contributed by atoms with van der Waals surface area (Å²) in [6.45, 7) is 0. The zero-order chi connectivity index (χ0) is 17.7. The molecule has 0 atom stereocenters. The number of rotatable bonds is 5. The number of allylic oxidation sites excluding steroid dienone is 1. The van der Waals surface area contributed by atoms with Crippen molar-refractivity contribution in [1.82, 2.24) is 5.32 Å². The molecule has 2 rings (SSSR count). The molecule has 0 bridgehead atoms. The van der Waals surface area contributed by atoms with Crippen LogP contribution in [-0.4, -0.2) is 12.8 Å². The first-order chi connectivity index (χ1) is 11.3. The van der Waals surface area contributed by atoms with Crippen LogP contribution < -0.4 is 5.32 Å². The van der Waals surface area contributed by atoms with Crippen molar-refractivity contribution >= 4 is 27.3 Å². The number of carbonyl (C=O) groups excluding carboxylic acids is 1. The summed E-state index contributed by atoms with van der Waals surface area (Å²) in [6.07, 6.45) is -2.92. The summed E-state index contributed by atoms with van der Waals surface area (Å²) in [6, 6.07) is 12.0. The fourth-order valence-electron chi connectivity index (χ4n) is 2.26. The van der Waals surface area contributed by atoms with Gasteiger partial charge < -0.3 is 5.32 Å². The van der Waals surface area contributed by atoms with Gasteiger partial charge in [-0.05, 0) is 35.4 Å². The van der Waals surface area contributed by atoms with Crippen LogP contribution in [-0.2, 0) is 17.4 Å². The first-order valence-corrected chi connectivity index (χ1v) is 7.93.